The first-order chi connectivity index (χ1) is 15.5. The number of carboxylic acids is 1. The van der Waals surface area contributed by atoms with Gasteiger partial charge in [-0.25, -0.2) is 15.0 Å². The molecule has 3 aromatic rings. The van der Waals surface area contributed by atoms with Crippen LogP contribution in [0.5, 0.6) is 0 Å². The summed E-state index contributed by atoms with van der Waals surface area (Å²) < 4.78 is 3.37. The van der Waals surface area contributed by atoms with E-state index < -0.39 is 17.9 Å². The maximum absolute atomic E-state index is 12.8. The monoisotopic (exact) mass is 434 g/mol. The molecule has 0 aliphatic heterocycles. The number of carboxylic acid groups (broad SMARTS) is 1. The molecule has 11 nitrogen and oxygen atoms in total. The molecule has 0 radical (unpaired) electrons. The lowest BCUT2D eigenvalue weighted by atomic mass is 10.1. The van der Waals surface area contributed by atoms with Crippen molar-refractivity contribution in [3.63, 3.8) is 0 Å². The number of carbonyl (C=O) groups is 3. The second-order valence-electron chi connectivity index (χ2n) is 7.72. The van der Waals surface area contributed by atoms with E-state index in [1.165, 1.54) is 7.05 Å². The van der Waals surface area contributed by atoms with Crippen molar-refractivity contribution in [2.24, 2.45) is 5.92 Å². The molecule has 5 rings (SSSR count). The van der Waals surface area contributed by atoms with Gasteiger partial charge in [0.2, 0.25) is 0 Å². The van der Waals surface area contributed by atoms with Crippen LogP contribution in [0.1, 0.15) is 44.4 Å². The van der Waals surface area contributed by atoms with Crippen molar-refractivity contribution in [2.45, 2.75) is 18.8 Å². The van der Waals surface area contributed by atoms with Crippen LogP contribution in [0.2, 0.25) is 0 Å². The van der Waals surface area contributed by atoms with Gasteiger partial charge in [-0.2, -0.15) is 4.57 Å². The molecule has 0 bridgehead atoms. The molecule has 2 aliphatic carbocycles. The fraction of sp³-hybridized carbons (Fsp3) is 0.238. The number of benzene rings is 1. The number of hydrazine groups is 1. The summed E-state index contributed by atoms with van der Waals surface area (Å²) >= 11 is 0. The maximum atomic E-state index is 12.8. The Balaban J connectivity index is 1.60. The average Bonchev–Trinajstić information content (AvgIpc) is 3.31. The molecule has 11 heteroatoms. The molecule has 0 spiro atoms. The minimum absolute atomic E-state index is 0.0587. The number of aromatic nitrogens is 4. The van der Waals surface area contributed by atoms with Gasteiger partial charge in [0.15, 0.2) is 5.69 Å². The summed E-state index contributed by atoms with van der Waals surface area (Å²) in [6, 6.07) is 6.31. The van der Waals surface area contributed by atoms with Crippen LogP contribution in [0, 0.1) is 5.92 Å². The first kappa shape index (κ1) is 19.7. The van der Waals surface area contributed by atoms with Gasteiger partial charge in [0.25, 0.3) is 5.91 Å². The number of carbonyl (C=O) groups excluding carboxylic acids is 2. The van der Waals surface area contributed by atoms with Gasteiger partial charge in [0.1, 0.15) is 23.8 Å². The lowest BCUT2D eigenvalue weighted by Crippen LogP contribution is -2.47. The summed E-state index contributed by atoms with van der Waals surface area (Å²) in [5.74, 6) is -0.306. The van der Waals surface area contributed by atoms with E-state index >= 15 is 0 Å². The number of urea groups is 1. The van der Waals surface area contributed by atoms with Crippen molar-refractivity contribution in [1.29, 1.82) is 0 Å². The van der Waals surface area contributed by atoms with Gasteiger partial charge in [0, 0.05) is 18.5 Å². The molecule has 0 unspecified atom stereocenters. The molecule has 2 atom stereocenters. The van der Waals surface area contributed by atoms with Gasteiger partial charge in [-0.3, -0.25) is 15.2 Å². The number of aromatic carboxylic acids is 1. The van der Waals surface area contributed by atoms with Gasteiger partial charge in [0.05, 0.1) is 11.8 Å². The summed E-state index contributed by atoms with van der Waals surface area (Å²) in [5, 5.41) is 16.4. The summed E-state index contributed by atoms with van der Waals surface area (Å²) in [4.78, 5) is 40.2. The van der Waals surface area contributed by atoms with Crippen LogP contribution in [0.4, 0.5) is 4.79 Å². The predicted molar refractivity (Wildman–Crippen MR) is 109 cm³/mol. The Morgan fingerprint density at radius 3 is 2.81 bits per heavy atom. The van der Waals surface area contributed by atoms with E-state index in [9.17, 15) is 19.5 Å². The highest BCUT2D eigenvalue weighted by Gasteiger charge is 2.53. The predicted octanol–water partition coefficient (Wildman–Crippen LogP) is 0.476. The van der Waals surface area contributed by atoms with Gasteiger partial charge < -0.3 is 10.4 Å². The van der Waals surface area contributed by atoms with Gasteiger partial charge in [-0.15, -0.1) is 0 Å². The number of rotatable bonds is 4. The second-order valence-corrected chi connectivity index (χ2v) is 7.72. The SMILES string of the molecule is CNC(=O)NNC(=O)c1ccccc1-[n+]1ccncc1-n1nc(C(=O)O)c2c1[C@@H]1C[C@@H]1C2. The zero-order valence-electron chi connectivity index (χ0n) is 17.1. The van der Waals surface area contributed by atoms with E-state index in [4.69, 9.17) is 0 Å². The summed E-state index contributed by atoms with van der Waals surface area (Å²) in [6.07, 6.45) is 6.57. The molecule has 2 aliphatic rings. The molecule has 2 aromatic heterocycles. The fourth-order valence-corrected chi connectivity index (χ4v) is 4.30. The first-order valence-electron chi connectivity index (χ1n) is 10.1. The van der Waals surface area contributed by atoms with Crippen LogP contribution in [0.25, 0.3) is 11.5 Å². The topological polar surface area (TPSA) is 142 Å². The third-order valence-corrected chi connectivity index (χ3v) is 5.85. The van der Waals surface area contributed by atoms with Gasteiger partial charge >= 0.3 is 17.8 Å². The van der Waals surface area contributed by atoms with Gasteiger partial charge in [-0.1, -0.05) is 21.9 Å². The van der Waals surface area contributed by atoms with Crippen molar-refractivity contribution >= 4 is 17.9 Å². The second kappa shape index (κ2) is 7.45. The minimum atomic E-state index is -1.06. The molecular weight excluding hydrogens is 414 g/mol. The van der Waals surface area contributed by atoms with E-state index in [2.05, 4.69) is 26.3 Å². The first-order valence-corrected chi connectivity index (χ1v) is 10.1. The maximum Gasteiger partial charge on any atom is 0.358 e. The number of hydrogen-bond donors (Lipinski definition) is 4. The molecule has 1 fully saturated rings. The van der Waals surface area contributed by atoms with Crippen molar-refractivity contribution in [2.75, 3.05) is 7.05 Å². The van der Waals surface area contributed by atoms with Crippen molar-refractivity contribution < 1.29 is 24.1 Å². The van der Waals surface area contributed by atoms with E-state index in [0.717, 1.165) is 17.7 Å². The van der Waals surface area contributed by atoms with Crippen LogP contribution < -0.4 is 20.7 Å². The van der Waals surface area contributed by atoms with Crippen LogP contribution in [-0.2, 0) is 6.42 Å². The van der Waals surface area contributed by atoms with Crippen LogP contribution >= 0.6 is 0 Å². The molecule has 0 saturated heterocycles. The average molecular weight is 434 g/mol. The summed E-state index contributed by atoms with van der Waals surface area (Å²) in [5.41, 5.74) is 7.18. The molecule has 162 valence electrons. The van der Waals surface area contributed by atoms with Crippen LogP contribution in [0.15, 0.2) is 42.9 Å². The highest BCUT2D eigenvalue weighted by atomic mass is 16.4. The number of amides is 3. The quantitative estimate of drug-likeness (QED) is 0.347. The number of fused-ring (bicyclic) bond motifs is 3. The molecule has 32 heavy (non-hydrogen) atoms. The molecule has 1 saturated carbocycles. The van der Waals surface area contributed by atoms with Crippen molar-refractivity contribution in [3.05, 3.63) is 65.4 Å². The van der Waals surface area contributed by atoms with Crippen LogP contribution in [-0.4, -0.2) is 44.8 Å². The number of nitrogens with zero attached hydrogens (tertiary/aromatic N) is 4. The Labute approximate surface area is 182 Å². The standard InChI is InChI=1S/C21H19N7O4/c1-22-21(32)25-24-19(29)12-4-2-3-5-15(12)27-7-6-23-10-16(27)28-18-13-8-11(13)9-14(18)17(26-28)20(30)31/h2-7,10-11,13,23H,8-9H2,1H3,(H2,22,30,31,32)/p+1/t11-,13-/m1/s1. The molecule has 4 N–H and O–H groups in total. The Kier molecular flexibility index (Phi) is 4.58. The van der Waals surface area contributed by atoms with E-state index in [1.807, 2.05) is 0 Å². The molecule has 1 aromatic carbocycles. The van der Waals surface area contributed by atoms with Crippen LogP contribution in [0.3, 0.4) is 0 Å². The Bertz CT molecular complexity index is 1270. The Hall–Kier alpha value is -4.28. The molecule has 3 amide bonds. The van der Waals surface area contributed by atoms with E-state index in [-0.39, 0.29) is 11.6 Å². The van der Waals surface area contributed by atoms with E-state index in [1.54, 1.807) is 52.1 Å². The third-order valence-electron chi connectivity index (χ3n) is 5.85. The number of para-hydroxylation sites is 1. The lowest BCUT2D eigenvalue weighted by molar-refractivity contribution is -0.591. The lowest BCUT2D eigenvalue weighted by Gasteiger charge is -2.11. The minimum Gasteiger partial charge on any atom is -0.476 e. The summed E-state index contributed by atoms with van der Waals surface area (Å²) in [6.45, 7) is 0. The zero-order valence-corrected chi connectivity index (χ0v) is 17.1. The highest BCUT2D eigenvalue weighted by Crippen LogP contribution is 2.57. The number of hydrogen-bond acceptors (Lipinski definition) is 5. The smallest absolute Gasteiger partial charge is 0.358 e. The van der Waals surface area contributed by atoms with Gasteiger partial charge in [-0.05, 0) is 30.9 Å². The number of nitrogens with one attached hydrogen (secondary N) is 3. The third kappa shape index (κ3) is 3.14. The summed E-state index contributed by atoms with van der Waals surface area (Å²) in [7, 11) is 1.44. The normalized spacial score (nSPS) is 17.8. The largest absolute Gasteiger partial charge is 0.476 e. The highest BCUT2D eigenvalue weighted by molar-refractivity contribution is 5.97. The zero-order chi connectivity index (χ0) is 22.4. The molecule has 2 heterocycles. The van der Waals surface area contributed by atoms with E-state index in [0.29, 0.717) is 29.4 Å². The van der Waals surface area contributed by atoms with Crippen molar-refractivity contribution in [3.8, 4) is 11.5 Å². The molecular formula is C21H20N7O4+. The van der Waals surface area contributed by atoms with Crippen molar-refractivity contribution in [1.82, 2.24) is 30.9 Å². The fourth-order valence-electron chi connectivity index (χ4n) is 4.30. The Morgan fingerprint density at radius 2 is 2.03 bits per heavy atom. The Morgan fingerprint density at radius 1 is 1.22 bits per heavy atom.